The first-order valence-corrected chi connectivity index (χ1v) is 10.5. The zero-order valence-corrected chi connectivity index (χ0v) is 18.3. The first-order chi connectivity index (χ1) is 16.5. The first-order valence-electron chi connectivity index (χ1n) is 10.5. The van der Waals surface area contributed by atoms with Gasteiger partial charge >= 0.3 is 12.1 Å². The van der Waals surface area contributed by atoms with Gasteiger partial charge in [0, 0.05) is 13.1 Å². The van der Waals surface area contributed by atoms with Crippen molar-refractivity contribution in [1.29, 1.82) is 0 Å². The molecule has 0 saturated carbocycles. The number of hydrogen-bond acceptors (Lipinski definition) is 7. The largest absolute Gasteiger partial charge is 0.487 e. The summed E-state index contributed by atoms with van der Waals surface area (Å²) in [6, 6.07) is 4.79. The molecule has 0 aliphatic carbocycles. The fourth-order valence-electron chi connectivity index (χ4n) is 2.95. The molecule has 2 heterocycles. The molecule has 0 atom stereocenters. The van der Waals surface area contributed by atoms with Gasteiger partial charge in [-0.1, -0.05) is 22.0 Å². The van der Waals surface area contributed by atoms with Crippen LogP contribution in [0, 0.1) is 0 Å². The number of rotatable bonds is 13. The summed E-state index contributed by atoms with van der Waals surface area (Å²) in [5.74, 6) is 0.121. The molecule has 0 unspecified atom stereocenters. The second-order valence-corrected chi connectivity index (χ2v) is 7.20. The molecule has 1 aliphatic heterocycles. The van der Waals surface area contributed by atoms with E-state index in [0.717, 1.165) is 24.2 Å². The van der Waals surface area contributed by atoms with E-state index in [4.69, 9.17) is 4.74 Å². The van der Waals surface area contributed by atoms with E-state index in [1.54, 1.807) is 30.5 Å². The molecule has 3 rings (SSSR count). The highest BCUT2D eigenvalue weighted by Gasteiger charge is 2.28. The Balaban J connectivity index is 1.34. The van der Waals surface area contributed by atoms with Crippen molar-refractivity contribution in [2.24, 2.45) is 10.2 Å². The lowest BCUT2D eigenvalue weighted by atomic mass is 10.2. The molecule has 0 bridgehead atoms. The van der Waals surface area contributed by atoms with Crippen molar-refractivity contribution in [1.82, 2.24) is 25.6 Å². The van der Waals surface area contributed by atoms with Gasteiger partial charge in [-0.3, -0.25) is 9.59 Å². The van der Waals surface area contributed by atoms with Gasteiger partial charge in [-0.2, -0.15) is 0 Å². The number of azo groups is 1. The fourth-order valence-corrected chi connectivity index (χ4v) is 2.95. The van der Waals surface area contributed by atoms with E-state index in [-0.39, 0.29) is 25.0 Å². The number of benzene rings is 1. The summed E-state index contributed by atoms with van der Waals surface area (Å²) in [5, 5.41) is 19.8. The zero-order chi connectivity index (χ0) is 24.3. The highest BCUT2D eigenvalue weighted by atomic mass is 16.5. The van der Waals surface area contributed by atoms with E-state index in [1.165, 1.54) is 10.8 Å². The molecule has 2 aromatic rings. The van der Waals surface area contributed by atoms with Crippen LogP contribution in [0.1, 0.15) is 25.0 Å². The summed E-state index contributed by atoms with van der Waals surface area (Å²) < 4.78 is 7.05. The number of urea groups is 2. The van der Waals surface area contributed by atoms with Crippen LogP contribution in [-0.4, -0.2) is 52.0 Å². The number of carbonyl (C=O) groups is 4. The molecule has 34 heavy (non-hydrogen) atoms. The lowest BCUT2D eigenvalue weighted by molar-refractivity contribution is -0.121. The van der Waals surface area contributed by atoms with Crippen molar-refractivity contribution in [3.8, 4) is 5.75 Å². The number of nitrogens with one attached hydrogen (secondary N) is 2. The standard InChI is InChI=1S/C21H24N8O5/c1-2-18(30)22-10-4-3-5-11-23-19(31)13-28-12-15(24-27-28)14-34-17-8-6-16(7-9-17)29-20(32)25-26-21(29)33/h2,6-9,12H,1,3-5,10-11,13-14H2,(H,22,30)(H,23,31). The molecular formula is C21H24N8O5. The van der Waals surface area contributed by atoms with Gasteiger partial charge in [0.05, 0.1) is 11.9 Å². The Morgan fingerprint density at radius 1 is 1.00 bits per heavy atom. The first kappa shape index (κ1) is 24.2. The Morgan fingerprint density at radius 3 is 2.35 bits per heavy atom. The number of ether oxygens (including phenoxy) is 1. The average Bonchev–Trinajstić information content (AvgIpc) is 3.42. The molecule has 1 aromatic heterocycles. The summed E-state index contributed by atoms with van der Waals surface area (Å²) in [4.78, 5) is 47.0. The second kappa shape index (κ2) is 12.0. The van der Waals surface area contributed by atoms with Gasteiger partial charge in [0.1, 0.15) is 24.6 Å². The third-order valence-electron chi connectivity index (χ3n) is 4.64. The smallest absolute Gasteiger partial charge is 0.375 e. The number of imide groups is 1. The molecule has 0 spiro atoms. The Labute approximate surface area is 194 Å². The number of amides is 6. The summed E-state index contributed by atoms with van der Waals surface area (Å²) in [6.45, 7) is 4.65. The Morgan fingerprint density at radius 2 is 1.68 bits per heavy atom. The lowest BCUT2D eigenvalue weighted by Crippen LogP contribution is -2.28. The maximum absolute atomic E-state index is 12.0. The highest BCUT2D eigenvalue weighted by molar-refractivity contribution is 6.17. The van der Waals surface area contributed by atoms with Crippen LogP contribution in [0.5, 0.6) is 5.75 Å². The Bertz CT molecular complexity index is 1060. The van der Waals surface area contributed by atoms with Crippen LogP contribution >= 0.6 is 0 Å². The van der Waals surface area contributed by atoms with Gasteiger partial charge in [0.25, 0.3) is 0 Å². The number of hydrogen-bond donors (Lipinski definition) is 2. The maximum Gasteiger partial charge on any atom is 0.375 e. The van der Waals surface area contributed by atoms with Gasteiger partial charge in [0.15, 0.2) is 0 Å². The Kier molecular flexibility index (Phi) is 8.54. The Hall–Kier alpha value is -4.42. The summed E-state index contributed by atoms with van der Waals surface area (Å²) in [5.41, 5.74) is 0.865. The van der Waals surface area contributed by atoms with Crippen molar-refractivity contribution in [2.75, 3.05) is 18.0 Å². The molecule has 13 heteroatoms. The van der Waals surface area contributed by atoms with Crippen LogP contribution in [-0.2, 0) is 22.7 Å². The average molecular weight is 468 g/mol. The number of unbranched alkanes of at least 4 members (excludes halogenated alkanes) is 2. The number of anilines is 1. The second-order valence-electron chi connectivity index (χ2n) is 7.20. The van der Waals surface area contributed by atoms with Crippen LogP contribution in [0.25, 0.3) is 0 Å². The van der Waals surface area contributed by atoms with Gasteiger partial charge in [0.2, 0.25) is 11.8 Å². The predicted molar refractivity (Wildman–Crippen MR) is 119 cm³/mol. The van der Waals surface area contributed by atoms with Gasteiger partial charge < -0.3 is 15.4 Å². The number of aromatic nitrogens is 3. The van der Waals surface area contributed by atoms with Crippen LogP contribution in [0.15, 0.2) is 53.3 Å². The van der Waals surface area contributed by atoms with E-state index >= 15 is 0 Å². The molecule has 0 fully saturated rings. The van der Waals surface area contributed by atoms with Gasteiger partial charge in [-0.05, 0) is 49.6 Å². The molecule has 13 nitrogen and oxygen atoms in total. The molecule has 0 saturated heterocycles. The van der Waals surface area contributed by atoms with E-state index in [1.807, 2.05) is 0 Å². The SMILES string of the molecule is C=CC(=O)NCCCCCNC(=O)Cn1cc(COc2ccc(N3C(=O)N=NC3=O)cc2)nn1. The van der Waals surface area contributed by atoms with Crippen LogP contribution in [0.3, 0.4) is 0 Å². The van der Waals surface area contributed by atoms with E-state index < -0.39 is 12.1 Å². The van der Waals surface area contributed by atoms with Crippen LogP contribution in [0.4, 0.5) is 15.3 Å². The minimum Gasteiger partial charge on any atom is -0.487 e. The molecule has 178 valence electrons. The molecule has 2 N–H and O–H groups in total. The van der Waals surface area contributed by atoms with E-state index in [2.05, 4.69) is 37.8 Å². The third kappa shape index (κ3) is 7.05. The summed E-state index contributed by atoms with van der Waals surface area (Å²) in [7, 11) is 0. The zero-order valence-electron chi connectivity index (χ0n) is 18.3. The number of carbonyl (C=O) groups excluding carboxylic acids is 4. The number of nitrogens with zero attached hydrogens (tertiary/aromatic N) is 6. The third-order valence-corrected chi connectivity index (χ3v) is 4.64. The van der Waals surface area contributed by atoms with Gasteiger partial charge in [-0.15, -0.1) is 5.10 Å². The van der Waals surface area contributed by atoms with E-state index in [9.17, 15) is 19.2 Å². The fraction of sp³-hybridized carbons (Fsp3) is 0.333. The molecule has 1 aliphatic rings. The van der Waals surface area contributed by atoms with Crippen LogP contribution in [0.2, 0.25) is 0 Å². The normalized spacial score (nSPS) is 12.6. The summed E-state index contributed by atoms with van der Waals surface area (Å²) >= 11 is 0. The van der Waals surface area contributed by atoms with Gasteiger partial charge in [-0.25, -0.2) is 19.2 Å². The van der Waals surface area contributed by atoms with Crippen molar-refractivity contribution in [3.05, 3.63) is 48.8 Å². The van der Waals surface area contributed by atoms with Crippen molar-refractivity contribution < 1.29 is 23.9 Å². The predicted octanol–water partition coefficient (Wildman–Crippen LogP) is 1.96. The van der Waals surface area contributed by atoms with Crippen molar-refractivity contribution in [3.63, 3.8) is 0 Å². The molecule has 1 aromatic carbocycles. The monoisotopic (exact) mass is 468 g/mol. The highest BCUT2D eigenvalue weighted by Crippen LogP contribution is 2.23. The maximum atomic E-state index is 12.0. The molecule has 0 radical (unpaired) electrons. The molecule has 6 amide bonds. The minimum absolute atomic E-state index is 0.0328. The topological polar surface area (TPSA) is 160 Å². The van der Waals surface area contributed by atoms with Crippen molar-refractivity contribution in [2.45, 2.75) is 32.4 Å². The minimum atomic E-state index is -0.742. The van der Waals surface area contributed by atoms with Crippen LogP contribution < -0.4 is 20.3 Å². The summed E-state index contributed by atoms with van der Waals surface area (Å²) in [6.07, 6.45) is 5.34. The van der Waals surface area contributed by atoms with Crippen molar-refractivity contribution >= 4 is 29.6 Å². The van der Waals surface area contributed by atoms with E-state index in [0.29, 0.717) is 30.2 Å². The quantitative estimate of drug-likeness (QED) is 0.335. The lowest BCUT2D eigenvalue weighted by Gasteiger charge is -2.11. The molecular weight excluding hydrogens is 444 g/mol.